The summed E-state index contributed by atoms with van der Waals surface area (Å²) in [4.78, 5) is 11.2. The summed E-state index contributed by atoms with van der Waals surface area (Å²) in [6.45, 7) is 1.000. The maximum absolute atomic E-state index is 11.9. The van der Waals surface area contributed by atoms with E-state index in [4.69, 9.17) is 9.72 Å². The molecule has 0 bridgehead atoms. The normalized spacial score (nSPS) is 20.0. The Labute approximate surface area is 188 Å². The fourth-order valence-electron chi connectivity index (χ4n) is 4.13. The van der Waals surface area contributed by atoms with Crippen molar-refractivity contribution < 1.29 is 18.3 Å². The van der Waals surface area contributed by atoms with Crippen LogP contribution in [0.4, 0.5) is 5.82 Å². The third-order valence-electron chi connectivity index (χ3n) is 5.78. The molecule has 2 N–H and O–H groups in total. The highest BCUT2D eigenvalue weighted by Gasteiger charge is 2.38. The van der Waals surface area contributed by atoms with Gasteiger partial charge in [0.2, 0.25) is 0 Å². The molecule has 32 heavy (non-hydrogen) atoms. The summed E-state index contributed by atoms with van der Waals surface area (Å²) in [6.07, 6.45) is -0.132. The van der Waals surface area contributed by atoms with E-state index in [9.17, 15) is 13.5 Å². The molecule has 8 nitrogen and oxygen atoms in total. The zero-order valence-corrected chi connectivity index (χ0v) is 19.0. The first kappa shape index (κ1) is 22.4. The second-order valence-corrected chi connectivity index (χ2v) is 10.3. The highest BCUT2D eigenvalue weighted by molar-refractivity contribution is 7.91. The summed E-state index contributed by atoms with van der Waals surface area (Å²) in [5, 5.41) is 14.5. The molecule has 9 heteroatoms. The molecule has 2 atom stereocenters. The van der Waals surface area contributed by atoms with Gasteiger partial charge in [0, 0.05) is 11.9 Å². The first-order valence-corrected chi connectivity index (χ1v) is 12.4. The van der Waals surface area contributed by atoms with Crippen molar-refractivity contribution >= 4 is 26.6 Å². The van der Waals surface area contributed by atoms with Gasteiger partial charge in [-0.2, -0.15) is 0 Å². The molecule has 1 aliphatic heterocycles. The number of anilines is 1. The zero-order valence-electron chi connectivity index (χ0n) is 18.2. The van der Waals surface area contributed by atoms with Gasteiger partial charge in [-0.3, -0.25) is 4.90 Å². The number of hydrogen-bond donors (Lipinski definition) is 2. The molecule has 2 heterocycles. The van der Waals surface area contributed by atoms with E-state index in [0.29, 0.717) is 18.9 Å². The van der Waals surface area contributed by atoms with Crippen molar-refractivity contribution in [2.45, 2.75) is 25.1 Å². The minimum atomic E-state index is -3.22. The van der Waals surface area contributed by atoms with E-state index in [1.54, 1.807) is 14.2 Å². The number of methoxy groups -OCH3 is 1. The minimum absolute atomic E-state index is 0.0533. The van der Waals surface area contributed by atoms with Gasteiger partial charge in [0.15, 0.2) is 9.84 Å². The third kappa shape index (κ3) is 5.01. The SMILES string of the molecule is COc1ccccc1CCNc1nc(CN(C)[C@@H]2CS(=O)(=O)C[C@H]2O)nc2ccccc12. The molecule has 0 aliphatic carbocycles. The Balaban J connectivity index is 1.52. The highest BCUT2D eigenvalue weighted by atomic mass is 32.2. The fourth-order valence-corrected chi connectivity index (χ4v) is 6.00. The van der Waals surface area contributed by atoms with Gasteiger partial charge in [-0.25, -0.2) is 18.4 Å². The quantitative estimate of drug-likeness (QED) is 0.530. The molecule has 0 amide bonds. The summed E-state index contributed by atoms with van der Waals surface area (Å²) < 4.78 is 29.2. The van der Waals surface area contributed by atoms with Crippen molar-refractivity contribution in [1.29, 1.82) is 0 Å². The zero-order chi connectivity index (χ0) is 22.7. The number of para-hydroxylation sites is 2. The number of aromatic nitrogens is 2. The topological polar surface area (TPSA) is 105 Å². The van der Waals surface area contributed by atoms with Crippen molar-refractivity contribution in [3.05, 3.63) is 59.9 Å². The van der Waals surface area contributed by atoms with Crippen LogP contribution in [0.2, 0.25) is 0 Å². The monoisotopic (exact) mass is 456 g/mol. The number of aliphatic hydroxyl groups excluding tert-OH is 1. The molecule has 1 saturated heterocycles. The van der Waals surface area contributed by atoms with Crippen LogP contribution in [0.15, 0.2) is 48.5 Å². The largest absolute Gasteiger partial charge is 0.496 e. The molecule has 4 rings (SSSR count). The Kier molecular flexibility index (Phi) is 6.59. The van der Waals surface area contributed by atoms with Gasteiger partial charge in [-0.05, 0) is 37.2 Å². The Bertz CT molecular complexity index is 1200. The molecular weight excluding hydrogens is 428 g/mol. The molecule has 170 valence electrons. The van der Waals surface area contributed by atoms with E-state index in [1.165, 1.54) is 0 Å². The average molecular weight is 457 g/mol. The number of benzene rings is 2. The van der Waals surface area contributed by atoms with Crippen molar-refractivity contribution in [2.75, 3.05) is 37.5 Å². The standard InChI is InChI=1S/C23H28N4O4S/c1-27(19-14-32(29,30)15-20(19)28)13-22-25-18-9-5-4-8-17(18)23(26-22)24-12-11-16-7-3-6-10-21(16)31-2/h3-10,19-20,28H,11-15H2,1-2H3,(H,24,25,26)/t19-,20-/m1/s1. The summed E-state index contributed by atoms with van der Waals surface area (Å²) >= 11 is 0. The van der Waals surface area contributed by atoms with Crippen molar-refractivity contribution in [2.24, 2.45) is 0 Å². The second kappa shape index (κ2) is 9.40. The minimum Gasteiger partial charge on any atom is -0.496 e. The summed E-state index contributed by atoms with van der Waals surface area (Å²) in [5.41, 5.74) is 1.92. The number of hydrogen-bond acceptors (Lipinski definition) is 8. The number of likely N-dealkylation sites (N-methyl/N-ethyl adjacent to an activating group) is 1. The molecule has 3 aromatic rings. The summed E-state index contributed by atoms with van der Waals surface area (Å²) in [6, 6.07) is 15.2. The number of ether oxygens (including phenoxy) is 1. The van der Waals surface area contributed by atoms with Gasteiger partial charge in [-0.1, -0.05) is 30.3 Å². The lowest BCUT2D eigenvalue weighted by molar-refractivity contribution is 0.0944. The van der Waals surface area contributed by atoms with E-state index in [-0.39, 0.29) is 11.5 Å². The lowest BCUT2D eigenvalue weighted by Crippen LogP contribution is -2.40. The number of fused-ring (bicyclic) bond motifs is 1. The van der Waals surface area contributed by atoms with E-state index >= 15 is 0 Å². The van der Waals surface area contributed by atoms with Crippen LogP contribution in [0.5, 0.6) is 5.75 Å². The van der Waals surface area contributed by atoms with Crippen LogP contribution in [0, 0.1) is 0 Å². The lowest BCUT2D eigenvalue weighted by Gasteiger charge is -2.25. The van der Waals surface area contributed by atoms with Crippen molar-refractivity contribution in [1.82, 2.24) is 14.9 Å². The van der Waals surface area contributed by atoms with Crippen LogP contribution in [-0.4, -0.2) is 72.7 Å². The van der Waals surface area contributed by atoms with Crippen molar-refractivity contribution in [3.63, 3.8) is 0 Å². The molecule has 1 aromatic heterocycles. The molecule has 0 unspecified atom stereocenters. The van der Waals surface area contributed by atoms with E-state index < -0.39 is 22.0 Å². The fraction of sp³-hybridized carbons (Fsp3) is 0.391. The Hall–Kier alpha value is -2.75. The number of rotatable bonds is 8. The first-order valence-electron chi connectivity index (χ1n) is 10.6. The number of nitrogens with zero attached hydrogens (tertiary/aromatic N) is 3. The molecular formula is C23H28N4O4S. The summed E-state index contributed by atoms with van der Waals surface area (Å²) in [5.74, 6) is 1.91. The number of nitrogens with one attached hydrogen (secondary N) is 1. The van der Waals surface area contributed by atoms with Crippen LogP contribution < -0.4 is 10.1 Å². The molecule has 1 aliphatic rings. The van der Waals surface area contributed by atoms with Crippen LogP contribution in [0.1, 0.15) is 11.4 Å². The van der Waals surface area contributed by atoms with Crippen molar-refractivity contribution in [3.8, 4) is 5.75 Å². The van der Waals surface area contributed by atoms with Gasteiger partial charge in [-0.15, -0.1) is 0 Å². The van der Waals surface area contributed by atoms with E-state index in [0.717, 1.165) is 34.5 Å². The van der Waals surface area contributed by atoms with Crippen LogP contribution >= 0.6 is 0 Å². The van der Waals surface area contributed by atoms with Gasteiger partial charge >= 0.3 is 0 Å². The van der Waals surface area contributed by atoms with Crippen LogP contribution in [0.3, 0.4) is 0 Å². The van der Waals surface area contributed by atoms with Gasteiger partial charge in [0.05, 0.1) is 42.8 Å². The molecule has 1 fully saturated rings. The lowest BCUT2D eigenvalue weighted by atomic mass is 10.1. The summed E-state index contributed by atoms with van der Waals surface area (Å²) in [7, 11) is 0.236. The second-order valence-electron chi connectivity index (χ2n) is 8.12. The van der Waals surface area contributed by atoms with Gasteiger partial charge < -0.3 is 15.2 Å². The Morgan fingerprint density at radius 2 is 1.88 bits per heavy atom. The number of aliphatic hydroxyl groups is 1. The smallest absolute Gasteiger partial charge is 0.154 e. The maximum atomic E-state index is 11.9. The predicted molar refractivity (Wildman–Crippen MR) is 125 cm³/mol. The molecule has 0 saturated carbocycles. The van der Waals surface area contributed by atoms with E-state index in [1.807, 2.05) is 53.4 Å². The van der Waals surface area contributed by atoms with Crippen LogP contribution in [-0.2, 0) is 22.8 Å². The van der Waals surface area contributed by atoms with E-state index in [2.05, 4.69) is 10.3 Å². The van der Waals surface area contributed by atoms with Gasteiger partial charge in [0.25, 0.3) is 0 Å². The van der Waals surface area contributed by atoms with Crippen LogP contribution in [0.25, 0.3) is 10.9 Å². The molecule has 0 spiro atoms. The Morgan fingerprint density at radius 3 is 2.62 bits per heavy atom. The third-order valence-corrected chi connectivity index (χ3v) is 7.48. The Morgan fingerprint density at radius 1 is 1.12 bits per heavy atom. The average Bonchev–Trinajstić information content (AvgIpc) is 3.06. The predicted octanol–water partition coefficient (Wildman–Crippen LogP) is 1.88. The molecule has 0 radical (unpaired) electrons. The number of sulfone groups is 1. The first-order chi connectivity index (χ1) is 15.4. The maximum Gasteiger partial charge on any atom is 0.154 e. The van der Waals surface area contributed by atoms with Gasteiger partial charge in [0.1, 0.15) is 17.4 Å². The molecule has 2 aromatic carbocycles. The highest BCUT2D eigenvalue weighted by Crippen LogP contribution is 2.23.